The number of anilines is 1. The molecule has 0 aliphatic heterocycles. The fraction of sp³-hybridized carbons (Fsp3) is 0.211. The number of rotatable bonds is 6. The first kappa shape index (κ1) is 16.7. The molecule has 1 aromatic heterocycles. The number of benzene rings is 1. The minimum absolute atomic E-state index is 0.158. The maximum Gasteiger partial charge on any atom is 0.248 e. The molecule has 1 aliphatic carbocycles. The summed E-state index contributed by atoms with van der Waals surface area (Å²) in [7, 11) is 0. The Balaban J connectivity index is 1.62. The zero-order valence-electron chi connectivity index (χ0n) is 13.9. The Morgan fingerprint density at radius 3 is 2.72 bits per heavy atom. The third kappa shape index (κ3) is 4.67. The number of nitrogens with zero attached hydrogens (tertiary/aromatic N) is 1. The Morgan fingerprint density at radius 1 is 1.28 bits per heavy atom. The van der Waals surface area contributed by atoms with Gasteiger partial charge in [0.15, 0.2) is 0 Å². The van der Waals surface area contributed by atoms with Crippen molar-refractivity contribution in [1.82, 2.24) is 4.98 Å². The van der Waals surface area contributed by atoms with E-state index in [0.29, 0.717) is 28.8 Å². The van der Waals surface area contributed by atoms with E-state index < -0.39 is 5.91 Å². The number of ether oxygens (including phenoxy) is 1. The first-order valence-electron chi connectivity index (χ1n) is 8.04. The number of amides is 2. The molecule has 0 atom stereocenters. The molecule has 1 aromatic carbocycles. The lowest BCUT2D eigenvalue weighted by atomic mass is 10.2. The van der Waals surface area contributed by atoms with Gasteiger partial charge in [-0.15, -0.1) is 0 Å². The number of allylic oxidation sites excluding steroid dienone is 1. The van der Waals surface area contributed by atoms with Gasteiger partial charge < -0.3 is 15.8 Å². The van der Waals surface area contributed by atoms with E-state index in [2.05, 4.69) is 10.3 Å². The van der Waals surface area contributed by atoms with Crippen molar-refractivity contribution in [2.45, 2.75) is 19.8 Å². The summed E-state index contributed by atoms with van der Waals surface area (Å²) in [6.07, 6.45) is 5.49. The lowest BCUT2D eigenvalue weighted by molar-refractivity contribution is -0.112. The molecule has 2 amide bonds. The fourth-order valence-corrected chi connectivity index (χ4v) is 2.39. The van der Waals surface area contributed by atoms with Crippen molar-refractivity contribution in [3.05, 3.63) is 59.8 Å². The molecule has 1 saturated carbocycles. The second kappa shape index (κ2) is 7.17. The van der Waals surface area contributed by atoms with E-state index in [1.807, 2.05) is 6.92 Å². The van der Waals surface area contributed by atoms with Crippen LogP contribution in [-0.4, -0.2) is 16.8 Å². The summed E-state index contributed by atoms with van der Waals surface area (Å²) in [4.78, 5) is 27.3. The predicted octanol–water partition coefficient (Wildman–Crippen LogP) is 3.27. The van der Waals surface area contributed by atoms with Crippen molar-refractivity contribution in [3.63, 3.8) is 0 Å². The van der Waals surface area contributed by atoms with Crippen LogP contribution in [0.2, 0.25) is 0 Å². The molecule has 128 valence electrons. The molecule has 0 bridgehead atoms. The second-order valence-corrected chi connectivity index (χ2v) is 6.03. The Morgan fingerprint density at radius 2 is 2.08 bits per heavy atom. The van der Waals surface area contributed by atoms with E-state index >= 15 is 0 Å². The second-order valence-electron chi connectivity index (χ2n) is 6.03. The van der Waals surface area contributed by atoms with Crippen LogP contribution in [0.5, 0.6) is 11.6 Å². The largest absolute Gasteiger partial charge is 0.439 e. The average molecular weight is 337 g/mol. The van der Waals surface area contributed by atoms with Gasteiger partial charge in [0.25, 0.3) is 0 Å². The molecule has 0 unspecified atom stereocenters. The van der Waals surface area contributed by atoms with Crippen molar-refractivity contribution in [1.29, 1.82) is 0 Å². The van der Waals surface area contributed by atoms with Crippen LogP contribution in [0.15, 0.2) is 54.2 Å². The van der Waals surface area contributed by atoms with Gasteiger partial charge in [-0.2, -0.15) is 0 Å². The van der Waals surface area contributed by atoms with Gasteiger partial charge in [-0.3, -0.25) is 9.59 Å². The molecular weight excluding hydrogens is 318 g/mol. The van der Waals surface area contributed by atoms with E-state index in [1.54, 1.807) is 42.5 Å². The molecule has 1 fully saturated rings. The Kier molecular flexibility index (Phi) is 4.79. The highest BCUT2D eigenvalue weighted by molar-refractivity contribution is 5.99. The van der Waals surface area contributed by atoms with Crippen LogP contribution < -0.4 is 15.8 Å². The molecule has 3 rings (SSSR count). The quantitative estimate of drug-likeness (QED) is 0.791. The van der Waals surface area contributed by atoms with Gasteiger partial charge in [-0.1, -0.05) is 11.6 Å². The van der Waals surface area contributed by atoms with Gasteiger partial charge >= 0.3 is 0 Å². The summed E-state index contributed by atoms with van der Waals surface area (Å²) in [6, 6.07) is 9.89. The topological polar surface area (TPSA) is 94.3 Å². The fourth-order valence-electron chi connectivity index (χ4n) is 2.39. The SMILES string of the molecule is C/C(=C/C(=O)Nc1ccc(Oc2cccc(C(N)=O)c2)nc1)C1CC1. The lowest BCUT2D eigenvalue weighted by Gasteiger charge is -2.07. The van der Waals surface area contributed by atoms with Crippen molar-refractivity contribution in [2.75, 3.05) is 5.32 Å². The number of hydrogen-bond acceptors (Lipinski definition) is 4. The highest BCUT2D eigenvalue weighted by Gasteiger charge is 2.23. The lowest BCUT2D eigenvalue weighted by Crippen LogP contribution is -2.10. The van der Waals surface area contributed by atoms with Crippen LogP contribution in [0.1, 0.15) is 30.1 Å². The summed E-state index contributed by atoms with van der Waals surface area (Å²) >= 11 is 0. The standard InChI is InChI=1S/C19H19N3O3/c1-12(13-5-6-13)9-17(23)22-15-7-8-18(21-11-15)25-16-4-2-3-14(10-16)19(20)24/h2-4,7-11,13H,5-6H2,1H3,(H2,20,24)(H,22,23)/b12-9-. The molecule has 1 heterocycles. The Labute approximate surface area is 145 Å². The highest BCUT2D eigenvalue weighted by atomic mass is 16.5. The summed E-state index contributed by atoms with van der Waals surface area (Å²) in [5, 5.41) is 2.78. The highest BCUT2D eigenvalue weighted by Crippen LogP contribution is 2.35. The summed E-state index contributed by atoms with van der Waals surface area (Å²) < 4.78 is 5.59. The minimum atomic E-state index is -0.522. The Hall–Kier alpha value is -3.15. The van der Waals surface area contributed by atoms with Crippen molar-refractivity contribution in [2.24, 2.45) is 11.7 Å². The van der Waals surface area contributed by atoms with E-state index in [4.69, 9.17) is 10.5 Å². The number of primary amides is 1. The van der Waals surface area contributed by atoms with Gasteiger partial charge in [-0.05, 0) is 49.9 Å². The van der Waals surface area contributed by atoms with Gasteiger partial charge in [0.05, 0.1) is 11.9 Å². The van der Waals surface area contributed by atoms with Crippen LogP contribution in [0, 0.1) is 5.92 Å². The minimum Gasteiger partial charge on any atom is -0.439 e. The van der Waals surface area contributed by atoms with E-state index in [0.717, 1.165) is 5.57 Å². The zero-order chi connectivity index (χ0) is 17.8. The van der Waals surface area contributed by atoms with Crippen molar-refractivity contribution < 1.29 is 14.3 Å². The van der Waals surface area contributed by atoms with Gasteiger partial charge in [0.1, 0.15) is 5.75 Å². The van der Waals surface area contributed by atoms with Gasteiger partial charge in [0, 0.05) is 17.7 Å². The van der Waals surface area contributed by atoms with Crippen molar-refractivity contribution in [3.8, 4) is 11.6 Å². The van der Waals surface area contributed by atoms with Crippen LogP contribution in [-0.2, 0) is 4.79 Å². The van der Waals surface area contributed by atoms with Gasteiger partial charge in [-0.25, -0.2) is 4.98 Å². The van der Waals surface area contributed by atoms with Crippen LogP contribution in [0.25, 0.3) is 0 Å². The van der Waals surface area contributed by atoms with E-state index in [-0.39, 0.29) is 5.91 Å². The molecule has 3 N–H and O–H groups in total. The van der Waals surface area contributed by atoms with Crippen LogP contribution in [0.4, 0.5) is 5.69 Å². The zero-order valence-corrected chi connectivity index (χ0v) is 13.9. The number of carbonyl (C=O) groups excluding carboxylic acids is 2. The number of nitrogens with two attached hydrogens (primary N) is 1. The molecule has 1 aliphatic rings. The Bertz CT molecular complexity index is 824. The molecule has 6 nitrogen and oxygen atoms in total. The molecule has 2 aromatic rings. The molecule has 6 heteroatoms. The van der Waals surface area contributed by atoms with Crippen LogP contribution >= 0.6 is 0 Å². The first-order valence-corrected chi connectivity index (χ1v) is 8.04. The number of nitrogens with one attached hydrogen (secondary N) is 1. The third-order valence-corrected chi connectivity index (χ3v) is 3.92. The molecule has 0 radical (unpaired) electrons. The maximum absolute atomic E-state index is 11.9. The smallest absolute Gasteiger partial charge is 0.248 e. The molecular formula is C19H19N3O3. The monoisotopic (exact) mass is 337 g/mol. The third-order valence-electron chi connectivity index (χ3n) is 3.92. The van der Waals surface area contributed by atoms with Crippen molar-refractivity contribution >= 4 is 17.5 Å². The van der Waals surface area contributed by atoms with E-state index in [9.17, 15) is 9.59 Å². The first-order chi connectivity index (χ1) is 12.0. The number of pyridine rings is 1. The van der Waals surface area contributed by atoms with Gasteiger partial charge in [0.2, 0.25) is 17.7 Å². The maximum atomic E-state index is 11.9. The molecule has 25 heavy (non-hydrogen) atoms. The number of aromatic nitrogens is 1. The number of carbonyl (C=O) groups is 2. The average Bonchev–Trinajstić information content (AvgIpc) is 3.42. The summed E-state index contributed by atoms with van der Waals surface area (Å²) in [5.41, 5.74) is 7.30. The number of hydrogen-bond donors (Lipinski definition) is 2. The summed E-state index contributed by atoms with van der Waals surface area (Å²) in [6.45, 7) is 1.98. The van der Waals surface area contributed by atoms with E-state index in [1.165, 1.54) is 19.0 Å². The normalized spacial score (nSPS) is 14.0. The predicted molar refractivity (Wildman–Crippen MR) is 94.4 cm³/mol. The van der Waals surface area contributed by atoms with Crippen LogP contribution in [0.3, 0.4) is 0 Å². The molecule has 0 spiro atoms. The molecule has 0 saturated heterocycles. The summed E-state index contributed by atoms with van der Waals surface area (Å²) in [5.74, 6) is 0.698.